The first-order valence-electron chi connectivity index (χ1n) is 16.7. The van der Waals surface area contributed by atoms with Crippen molar-refractivity contribution in [1.82, 2.24) is 0 Å². The monoisotopic (exact) mass is 654 g/mol. The molecule has 0 N–H and O–H groups in total. The maximum absolute atomic E-state index is 6.89. The van der Waals surface area contributed by atoms with Gasteiger partial charge in [0.2, 0.25) is 0 Å². The van der Waals surface area contributed by atoms with E-state index in [1.165, 1.54) is 0 Å². The summed E-state index contributed by atoms with van der Waals surface area (Å²) >= 11 is 0. The van der Waals surface area contributed by atoms with Crippen LogP contribution in [0.25, 0.3) is 0 Å². The third-order valence-electron chi connectivity index (χ3n) is 8.24. The van der Waals surface area contributed by atoms with Gasteiger partial charge in [-0.25, -0.2) is 0 Å². The standard InChI is InChI=1S/C44H46O5/c1-3-44(49-34-41-27-17-8-18-28-41,35-46-31-38-21-11-5-12-22-38)43(48-33-40-25-15-7-16-26-40)42(47-32-39-23-13-6-14-24-39)36(2)29-45-30-37-19-9-4-10-20-37/h3-28,42-43H,1-2,29-35H2/t42-,43+,44+/m1/s1. The Balaban J connectivity index is 1.48. The molecule has 0 aromatic heterocycles. The SMILES string of the molecule is C=C[C@@](COCc1ccccc1)(OCc1ccccc1)[C@@H](OCc1ccccc1)[C@H](OCc1ccccc1)C(=C)COCc1ccccc1. The van der Waals surface area contributed by atoms with E-state index in [4.69, 9.17) is 23.7 Å². The Bertz CT molecular complexity index is 1650. The highest BCUT2D eigenvalue weighted by atomic mass is 16.6. The van der Waals surface area contributed by atoms with Gasteiger partial charge in [-0.2, -0.15) is 0 Å². The Hall–Kier alpha value is -4.62. The highest BCUT2D eigenvalue weighted by Crippen LogP contribution is 2.32. The predicted octanol–water partition coefficient (Wildman–Crippen LogP) is 9.29. The molecule has 0 unspecified atom stereocenters. The first kappa shape index (κ1) is 35.7. The summed E-state index contributed by atoms with van der Waals surface area (Å²) in [7, 11) is 0. The van der Waals surface area contributed by atoms with Gasteiger partial charge in [-0.3, -0.25) is 0 Å². The van der Waals surface area contributed by atoms with E-state index in [-0.39, 0.29) is 13.2 Å². The summed E-state index contributed by atoms with van der Waals surface area (Å²) in [5, 5.41) is 0. The second kappa shape index (κ2) is 19.4. The van der Waals surface area contributed by atoms with Gasteiger partial charge in [-0.15, -0.1) is 6.58 Å². The highest BCUT2D eigenvalue weighted by Gasteiger charge is 2.45. The van der Waals surface area contributed by atoms with Gasteiger partial charge in [0.15, 0.2) is 0 Å². The fourth-order valence-corrected chi connectivity index (χ4v) is 5.52. The first-order chi connectivity index (χ1) is 24.1. The summed E-state index contributed by atoms with van der Waals surface area (Å²) < 4.78 is 33.2. The van der Waals surface area contributed by atoms with Crippen molar-refractivity contribution in [3.63, 3.8) is 0 Å². The van der Waals surface area contributed by atoms with Crippen LogP contribution in [0.3, 0.4) is 0 Å². The molecule has 0 bridgehead atoms. The average Bonchev–Trinajstić information content (AvgIpc) is 3.16. The molecule has 0 fully saturated rings. The Morgan fingerprint density at radius 2 is 0.898 bits per heavy atom. The van der Waals surface area contributed by atoms with Gasteiger partial charge in [0.05, 0.1) is 46.2 Å². The van der Waals surface area contributed by atoms with E-state index in [1.807, 2.05) is 152 Å². The van der Waals surface area contributed by atoms with Crippen LogP contribution in [0.1, 0.15) is 27.8 Å². The third-order valence-corrected chi connectivity index (χ3v) is 8.24. The summed E-state index contributed by atoms with van der Waals surface area (Å²) in [5.41, 5.74) is 4.79. The zero-order chi connectivity index (χ0) is 34.0. The van der Waals surface area contributed by atoms with E-state index in [1.54, 1.807) is 6.08 Å². The lowest BCUT2D eigenvalue weighted by molar-refractivity contribution is -0.196. The lowest BCUT2D eigenvalue weighted by atomic mass is 9.89. The normalized spacial score (nSPS) is 13.6. The van der Waals surface area contributed by atoms with Gasteiger partial charge in [0.1, 0.15) is 17.8 Å². The zero-order valence-corrected chi connectivity index (χ0v) is 28.1. The molecule has 49 heavy (non-hydrogen) atoms. The third kappa shape index (κ3) is 11.2. The molecule has 3 atom stereocenters. The van der Waals surface area contributed by atoms with Crippen LogP contribution in [-0.2, 0) is 56.7 Å². The minimum Gasteiger partial charge on any atom is -0.373 e. The molecule has 0 amide bonds. The Kier molecular flexibility index (Phi) is 14.1. The summed E-state index contributed by atoms with van der Waals surface area (Å²) in [5.74, 6) is 0. The van der Waals surface area contributed by atoms with Crippen molar-refractivity contribution in [1.29, 1.82) is 0 Å². The van der Waals surface area contributed by atoms with Gasteiger partial charge in [-0.1, -0.05) is 164 Å². The molecule has 0 aliphatic carbocycles. The van der Waals surface area contributed by atoms with E-state index in [2.05, 4.69) is 13.2 Å². The molecular weight excluding hydrogens is 608 g/mol. The molecule has 0 saturated carbocycles. The quantitative estimate of drug-likeness (QED) is 0.0739. The van der Waals surface area contributed by atoms with Crippen LogP contribution in [0.4, 0.5) is 0 Å². The molecule has 5 heteroatoms. The zero-order valence-electron chi connectivity index (χ0n) is 28.1. The summed E-state index contributed by atoms with van der Waals surface area (Å²) in [6.45, 7) is 11.1. The average molecular weight is 655 g/mol. The molecule has 5 aromatic rings. The summed E-state index contributed by atoms with van der Waals surface area (Å²) in [6, 6.07) is 50.4. The largest absolute Gasteiger partial charge is 0.373 e. The van der Waals surface area contributed by atoms with Crippen molar-refractivity contribution in [2.24, 2.45) is 0 Å². The molecule has 252 valence electrons. The molecule has 0 radical (unpaired) electrons. The van der Waals surface area contributed by atoms with Crippen molar-refractivity contribution < 1.29 is 23.7 Å². The van der Waals surface area contributed by atoms with Gasteiger partial charge in [0.25, 0.3) is 0 Å². The van der Waals surface area contributed by atoms with Crippen LogP contribution in [-0.4, -0.2) is 31.0 Å². The molecule has 0 aliphatic rings. The number of hydrogen-bond donors (Lipinski definition) is 0. The Morgan fingerprint density at radius 1 is 0.510 bits per heavy atom. The second-order valence-electron chi connectivity index (χ2n) is 12.0. The Labute approximate surface area is 291 Å². The molecule has 5 rings (SSSR count). The van der Waals surface area contributed by atoms with Gasteiger partial charge in [-0.05, 0) is 33.4 Å². The van der Waals surface area contributed by atoms with Crippen LogP contribution in [0.15, 0.2) is 176 Å². The van der Waals surface area contributed by atoms with Gasteiger partial charge in [0, 0.05) is 0 Å². The maximum atomic E-state index is 6.89. The van der Waals surface area contributed by atoms with Crippen molar-refractivity contribution in [3.8, 4) is 0 Å². The van der Waals surface area contributed by atoms with E-state index < -0.39 is 17.8 Å². The number of rotatable bonds is 21. The minimum absolute atomic E-state index is 0.168. The van der Waals surface area contributed by atoms with Crippen LogP contribution in [0, 0.1) is 0 Å². The fourth-order valence-electron chi connectivity index (χ4n) is 5.52. The fraction of sp³-hybridized carbons (Fsp3) is 0.227. The minimum atomic E-state index is -1.14. The van der Waals surface area contributed by atoms with E-state index in [0.29, 0.717) is 33.0 Å². The van der Waals surface area contributed by atoms with E-state index >= 15 is 0 Å². The number of hydrogen-bond acceptors (Lipinski definition) is 5. The van der Waals surface area contributed by atoms with Crippen molar-refractivity contribution >= 4 is 0 Å². The number of ether oxygens (including phenoxy) is 5. The van der Waals surface area contributed by atoms with Crippen LogP contribution >= 0.6 is 0 Å². The van der Waals surface area contributed by atoms with Crippen molar-refractivity contribution in [2.45, 2.75) is 50.8 Å². The highest BCUT2D eigenvalue weighted by molar-refractivity contribution is 5.21. The smallest absolute Gasteiger partial charge is 0.139 e. The van der Waals surface area contributed by atoms with E-state index in [9.17, 15) is 0 Å². The topological polar surface area (TPSA) is 46.2 Å². The van der Waals surface area contributed by atoms with Crippen LogP contribution < -0.4 is 0 Å². The van der Waals surface area contributed by atoms with Crippen molar-refractivity contribution in [3.05, 3.63) is 204 Å². The van der Waals surface area contributed by atoms with Crippen LogP contribution in [0.5, 0.6) is 0 Å². The summed E-state index contributed by atoms with van der Waals surface area (Å²) in [6.07, 6.45) is 0.447. The Morgan fingerprint density at radius 3 is 1.35 bits per heavy atom. The molecule has 5 nitrogen and oxygen atoms in total. The molecule has 0 aliphatic heterocycles. The number of benzene rings is 5. The molecule has 0 saturated heterocycles. The maximum Gasteiger partial charge on any atom is 0.139 e. The molecular formula is C44H46O5. The molecule has 5 aromatic carbocycles. The lowest BCUT2D eigenvalue weighted by Crippen LogP contribution is -2.55. The second-order valence-corrected chi connectivity index (χ2v) is 12.0. The summed E-state index contributed by atoms with van der Waals surface area (Å²) in [4.78, 5) is 0. The van der Waals surface area contributed by atoms with Crippen LogP contribution in [0.2, 0.25) is 0 Å². The van der Waals surface area contributed by atoms with Gasteiger partial charge < -0.3 is 23.7 Å². The van der Waals surface area contributed by atoms with E-state index in [0.717, 1.165) is 33.4 Å². The first-order valence-corrected chi connectivity index (χ1v) is 16.7. The van der Waals surface area contributed by atoms with Gasteiger partial charge >= 0.3 is 0 Å². The predicted molar refractivity (Wildman–Crippen MR) is 196 cm³/mol. The molecule has 0 spiro atoms. The van der Waals surface area contributed by atoms with Crippen molar-refractivity contribution in [2.75, 3.05) is 13.2 Å². The molecule has 0 heterocycles. The lowest BCUT2D eigenvalue weighted by Gasteiger charge is -2.42.